The molecular weight excluding hydrogens is 242 g/mol. The number of hydrogen-bond acceptors (Lipinski definition) is 3. The Kier molecular flexibility index (Phi) is 5.35. The third-order valence-electron chi connectivity index (χ3n) is 3.79. The van der Waals surface area contributed by atoms with E-state index in [1.165, 1.54) is 24.2 Å². The van der Waals surface area contributed by atoms with Gasteiger partial charge in [-0.15, -0.1) is 0 Å². The summed E-state index contributed by atoms with van der Waals surface area (Å²) in [5, 5.41) is 0. The molecular formula is C14H27N3O2. The minimum Gasteiger partial charge on any atom is -0.341 e. The van der Waals surface area contributed by atoms with Gasteiger partial charge in [-0.05, 0) is 26.7 Å². The summed E-state index contributed by atoms with van der Waals surface area (Å²) in [7, 11) is 3.47. The fourth-order valence-corrected chi connectivity index (χ4v) is 2.55. The highest BCUT2D eigenvalue weighted by Crippen LogP contribution is 2.21. The van der Waals surface area contributed by atoms with E-state index >= 15 is 0 Å². The van der Waals surface area contributed by atoms with Gasteiger partial charge in [-0.25, -0.2) is 0 Å². The lowest BCUT2D eigenvalue weighted by Crippen LogP contribution is -2.52. The summed E-state index contributed by atoms with van der Waals surface area (Å²) in [5.41, 5.74) is 4.83. The Morgan fingerprint density at radius 1 is 1.16 bits per heavy atom. The highest BCUT2D eigenvalue weighted by molar-refractivity contribution is 5.89. The molecule has 0 radical (unpaired) electrons. The third kappa shape index (κ3) is 4.49. The van der Waals surface area contributed by atoms with Crippen LogP contribution in [0.25, 0.3) is 0 Å². The third-order valence-corrected chi connectivity index (χ3v) is 3.79. The monoisotopic (exact) mass is 269 g/mol. The van der Waals surface area contributed by atoms with Crippen molar-refractivity contribution < 1.29 is 9.59 Å². The van der Waals surface area contributed by atoms with Crippen molar-refractivity contribution in [1.29, 1.82) is 0 Å². The molecule has 1 aliphatic carbocycles. The van der Waals surface area contributed by atoms with Gasteiger partial charge >= 0.3 is 0 Å². The Balaban J connectivity index is 2.51. The summed E-state index contributed by atoms with van der Waals surface area (Å²) < 4.78 is 0. The van der Waals surface area contributed by atoms with Crippen LogP contribution in [-0.2, 0) is 9.59 Å². The molecule has 1 aliphatic rings. The maximum absolute atomic E-state index is 12.2. The van der Waals surface area contributed by atoms with Gasteiger partial charge in [0, 0.05) is 20.1 Å². The Hall–Kier alpha value is -1.10. The molecule has 5 heteroatoms. The number of carbonyl (C=O) groups excluding carboxylic acids is 2. The van der Waals surface area contributed by atoms with E-state index in [1.54, 1.807) is 25.8 Å². The first-order valence-electron chi connectivity index (χ1n) is 7.03. The van der Waals surface area contributed by atoms with E-state index in [-0.39, 0.29) is 18.4 Å². The number of nitrogens with zero attached hydrogens (tertiary/aromatic N) is 2. The van der Waals surface area contributed by atoms with E-state index in [9.17, 15) is 9.59 Å². The summed E-state index contributed by atoms with van der Waals surface area (Å²) in [5.74, 6) is -0.218. The van der Waals surface area contributed by atoms with Crippen molar-refractivity contribution in [3.05, 3.63) is 0 Å². The molecule has 5 nitrogen and oxygen atoms in total. The first kappa shape index (κ1) is 16.0. The van der Waals surface area contributed by atoms with Crippen LogP contribution in [0.15, 0.2) is 0 Å². The highest BCUT2D eigenvalue weighted by Gasteiger charge is 2.29. The zero-order valence-corrected chi connectivity index (χ0v) is 12.6. The van der Waals surface area contributed by atoms with Gasteiger partial charge < -0.3 is 15.5 Å². The number of rotatable bonds is 4. The van der Waals surface area contributed by atoms with E-state index in [0.29, 0.717) is 6.04 Å². The fourth-order valence-electron chi connectivity index (χ4n) is 2.55. The zero-order chi connectivity index (χ0) is 14.6. The molecule has 0 spiro atoms. The van der Waals surface area contributed by atoms with E-state index in [4.69, 9.17) is 5.73 Å². The number of hydrogen-bond donors (Lipinski definition) is 1. The Bertz CT molecular complexity index is 330. The molecule has 0 saturated heterocycles. The van der Waals surface area contributed by atoms with Crippen LogP contribution in [-0.4, -0.2) is 53.8 Å². The van der Waals surface area contributed by atoms with Crippen LogP contribution in [0, 0.1) is 0 Å². The van der Waals surface area contributed by atoms with Crippen molar-refractivity contribution in [3.8, 4) is 0 Å². The molecule has 0 atom stereocenters. The summed E-state index contributed by atoms with van der Waals surface area (Å²) in [6, 6.07) is 0.329. The molecule has 0 bridgehead atoms. The summed E-state index contributed by atoms with van der Waals surface area (Å²) in [6.45, 7) is 3.41. The molecule has 1 fully saturated rings. The lowest BCUT2D eigenvalue weighted by Gasteiger charge is -2.33. The minimum atomic E-state index is -0.932. The van der Waals surface area contributed by atoms with Crippen LogP contribution in [0.2, 0.25) is 0 Å². The van der Waals surface area contributed by atoms with Gasteiger partial charge in [0.05, 0.1) is 12.1 Å². The van der Waals surface area contributed by atoms with E-state index in [2.05, 4.69) is 0 Å². The Morgan fingerprint density at radius 3 is 2.16 bits per heavy atom. The van der Waals surface area contributed by atoms with E-state index < -0.39 is 5.54 Å². The van der Waals surface area contributed by atoms with Gasteiger partial charge in [0.15, 0.2) is 0 Å². The first-order valence-corrected chi connectivity index (χ1v) is 7.03. The molecule has 110 valence electrons. The topological polar surface area (TPSA) is 66.6 Å². The second kappa shape index (κ2) is 6.37. The second-order valence-corrected chi connectivity index (χ2v) is 6.18. The lowest BCUT2D eigenvalue weighted by atomic mass is 9.94. The summed E-state index contributed by atoms with van der Waals surface area (Å²) >= 11 is 0. The molecule has 1 saturated carbocycles. The number of amides is 2. The van der Waals surface area contributed by atoms with Crippen molar-refractivity contribution in [2.24, 2.45) is 5.73 Å². The smallest absolute Gasteiger partial charge is 0.242 e. The average molecular weight is 269 g/mol. The quantitative estimate of drug-likeness (QED) is 0.827. The molecule has 0 aromatic heterocycles. The van der Waals surface area contributed by atoms with Gasteiger partial charge in [-0.1, -0.05) is 19.3 Å². The van der Waals surface area contributed by atoms with Crippen molar-refractivity contribution in [2.45, 2.75) is 57.5 Å². The number of nitrogens with two attached hydrogens (primary N) is 1. The summed E-state index contributed by atoms with van der Waals surface area (Å²) in [4.78, 5) is 27.3. The van der Waals surface area contributed by atoms with Crippen molar-refractivity contribution >= 4 is 11.8 Å². The summed E-state index contributed by atoms with van der Waals surface area (Å²) in [6.07, 6.45) is 5.78. The molecule has 1 rings (SSSR count). The molecule has 19 heavy (non-hydrogen) atoms. The SMILES string of the molecule is CN(CC(=O)N(C)C1CCCCC1)C(=O)C(C)(C)N. The maximum atomic E-state index is 12.2. The second-order valence-electron chi connectivity index (χ2n) is 6.18. The van der Waals surface area contributed by atoms with Crippen LogP contribution in [0.5, 0.6) is 0 Å². The largest absolute Gasteiger partial charge is 0.341 e. The van der Waals surface area contributed by atoms with Crippen LogP contribution >= 0.6 is 0 Å². The van der Waals surface area contributed by atoms with Crippen molar-refractivity contribution in [1.82, 2.24) is 9.80 Å². The van der Waals surface area contributed by atoms with Gasteiger partial charge in [0.2, 0.25) is 11.8 Å². The highest BCUT2D eigenvalue weighted by atomic mass is 16.2. The van der Waals surface area contributed by atoms with Crippen molar-refractivity contribution in [2.75, 3.05) is 20.6 Å². The van der Waals surface area contributed by atoms with Crippen LogP contribution in [0.3, 0.4) is 0 Å². The van der Waals surface area contributed by atoms with Crippen molar-refractivity contribution in [3.63, 3.8) is 0 Å². The molecule has 0 aliphatic heterocycles. The average Bonchev–Trinajstić information content (AvgIpc) is 2.36. The molecule has 0 heterocycles. The van der Waals surface area contributed by atoms with E-state index in [0.717, 1.165) is 12.8 Å². The Labute approximate surface area is 116 Å². The van der Waals surface area contributed by atoms with Crippen LogP contribution < -0.4 is 5.73 Å². The predicted octanol–water partition coefficient (Wildman–Crippen LogP) is 0.973. The predicted molar refractivity (Wildman–Crippen MR) is 75.5 cm³/mol. The Morgan fingerprint density at radius 2 is 1.68 bits per heavy atom. The molecule has 2 N–H and O–H groups in total. The minimum absolute atomic E-state index is 0.00741. The standard InChI is InChI=1S/C14H27N3O2/c1-14(2,15)13(19)16(3)10-12(18)17(4)11-8-6-5-7-9-11/h11H,5-10,15H2,1-4H3. The normalized spacial score (nSPS) is 17.1. The van der Waals surface area contributed by atoms with Gasteiger partial charge in [0.1, 0.15) is 0 Å². The fraction of sp³-hybridized carbons (Fsp3) is 0.857. The van der Waals surface area contributed by atoms with Gasteiger partial charge in [0.25, 0.3) is 0 Å². The number of carbonyl (C=O) groups is 2. The van der Waals surface area contributed by atoms with Crippen LogP contribution in [0.1, 0.15) is 46.0 Å². The molecule has 0 unspecified atom stereocenters. The van der Waals surface area contributed by atoms with Crippen LogP contribution in [0.4, 0.5) is 0 Å². The zero-order valence-electron chi connectivity index (χ0n) is 12.6. The number of likely N-dealkylation sites (N-methyl/N-ethyl adjacent to an activating group) is 2. The lowest BCUT2D eigenvalue weighted by molar-refractivity contribution is -0.142. The molecule has 0 aromatic rings. The van der Waals surface area contributed by atoms with Gasteiger partial charge in [-0.2, -0.15) is 0 Å². The first-order chi connectivity index (χ1) is 8.73. The van der Waals surface area contributed by atoms with Gasteiger partial charge in [-0.3, -0.25) is 9.59 Å². The maximum Gasteiger partial charge on any atom is 0.242 e. The molecule has 0 aromatic carbocycles. The molecule has 2 amide bonds. The van der Waals surface area contributed by atoms with E-state index in [1.807, 2.05) is 7.05 Å².